The third-order valence-electron chi connectivity index (χ3n) is 4.94. The molecule has 0 saturated carbocycles. The average Bonchev–Trinajstić information content (AvgIpc) is 3.10. The summed E-state index contributed by atoms with van der Waals surface area (Å²) in [4.78, 5) is 0.433. The third-order valence-corrected chi connectivity index (χ3v) is 6.80. The first kappa shape index (κ1) is 18.7. The van der Waals surface area contributed by atoms with E-state index in [2.05, 4.69) is 19.2 Å². The zero-order chi connectivity index (χ0) is 15.8. The predicted octanol–water partition coefficient (Wildman–Crippen LogP) is 2.68. The highest BCUT2D eigenvalue weighted by Crippen LogP contribution is 2.38. The van der Waals surface area contributed by atoms with Crippen molar-refractivity contribution in [3.63, 3.8) is 0 Å². The summed E-state index contributed by atoms with van der Waals surface area (Å²) in [5, 5.41) is 3.37. The lowest BCUT2D eigenvalue weighted by Gasteiger charge is -2.22. The molecule has 1 atom stereocenters. The molecule has 2 heterocycles. The predicted molar refractivity (Wildman–Crippen MR) is 95.5 cm³/mol. The molecule has 1 spiro atoms. The van der Waals surface area contributed by atoms with Gasteiger partial charge in [0, 0.05) is 19.6 Å². The summed E-state index contributed by atoms with van der Waals surface area (Å²) in [7, 11) is -3.34. The molecule has 2 saturated heterocycles. The van der Waals surface area contributed by atoms with Crippen LogP contribution in [0.15, 0.2) is 29.2 Å². The lowest BCUT2D eigenvalue weighted by Crippen LogP contribution is -2.33. The van der Waals surface area contributed by atoms with E-state index >= 15 is 0 Å². The number of nitrogens with zero attached hydrogens (tertiary/aromatic N) is 1. The van der Waals surface area contributed by atoms with Crippen LogP contribution in [-0.4, -0.2) is 38.9 Å². The van der Waals surface area contributed by atoms with E-state index in [0.717, 1.165) is 32.4 Å². The minimum Gasteiger partial charge on any atom is -0.316 e. The molecule has 4 nitrogen and oxygen atoms in total. The number of rotatable bonds is 4. The quantitative estimate of drug-likeness (QED) is 0.900. The van der Waals surface area contributed by atoms with Crippen molar-refractivity contribution < 1.29 is 8.42 Å². The Kier molecular flexibility index (Phi) is 5.77. The van der Waals surface area contributed by atoms with Crippen LogP contribution in [-0.2, 0) is 16.4 Å². The van der Waals surface area contributed by atoms with Gasteiger partial charge in [-0.3, -0.25) is 0 Å². The smallest absolute Gasteiger partial charge is 0.243 e. The molecule has 2 aliphatic heterocycles. The van der Waals surface area contributed by atoms with Crippen molar-refractivity contribution in [2.24, 2.45) is 11.3 Å². The standard InChI is InChI=1S/C17H26N2O2S.ClH/c1-14(2)11-15-3-5-16(6-4-15)22(20,21)19-10-8-17(13-19)7-9-18-12-17;/h3-6,14,18H,7-13H2,1-2H3;1H. The van der Waals surface area contributed by atoms with Crippen LogP contribution in [0.3, 0.4) is 0 Å². The highest BCUT2D eigenvalue weighted by molar-refractivity contribution is 7.89. The Morgan fingerprint density at radius 1 is 1.22 bits per heavy atom. The number of halogens is 1. The second kappa shape index (κ2) is 7.09. The summed E-state index contributed by atoms with van der Waals surface area (Å²) in [6.07, 6.45) is 3.05. The third kappa shape index (κ3) is 3.90. The maximum absolute atomic E-state index is 12.8. The molecule has 2 aliphatic rings. The first-order valence-corrected chi connectivity index (χ1v) is 9.65. The van der Waals surface area contributed by atoms with Gasteiger partial charge >= 0.3 is 0 Å². The Labute approximate surface area is 146 Å². The minimum absolute atomic E-state index is 0. The second-order valence-electron chi connectivity index (χ2n) is 7.26. The molecule has 0 aliphatic carbocycles. The van der Waals surface area contributed by atoms with Crippen molar-refractivity contribution >= 4 is 22.4 Å². The molecule has 0 bridgehead atoms. The zero-order valence-corrected chi connectivity index (χ0v) is 15.5. The molecule has 3 rings (SSSR count). The van der Waals surface area contributed by atoms with Gasteiger partial charge in [-0.2, -0.15) is 4.31 Å². The Hall–Kier alpha value is -0.620. The number of sulfonamides is 1. The van der Waals surface area contributed by atoms with Crippen molar-refractivity contribution in [3.8, 4) is 0 Å². The van der Waals surface area contributed by atoms with Gasteiger partial charge in [0.05, 0.1) is 4.90 Å². The molecule has 0 aromatic heterocycles. The van der Waals surface area contributed by atoms with Gasteiger partial charge in [-0.25, -0.2) is 8.42 Å². The van der Waals surface area contributed by atoms with E-state index in [-0.39, 0.29) is 17.8 Å². The number of benzene rings is 1. The maximum Gasteiger partial charge on any atom is 0.243 e. The molecular formula is C17H27ClN2O2S. The molecule has 130 valence electrons. The van der Waals surface area contributed by atoms with Crippen molar-refractivity contribution in [1.82, 2.24) is 9.62 Å². The van der Waals surface area contributed by atoms with E-state index < -0.39 is 10.0 Å². The normalized spacial score (nSPS) is 25.2. The molecular weight excluding hydrogens is 332 g/mol. The molecule has 1 aromatic rings. The van der Waals surface area contributed by atoms with Gasteiger partial charge in [-0.15, -0.1) is 12.4 Å². The summed E-state index contributed by atoms with van der Waals surface area (Å²) >= 11 is 0. The molecule has 0 radical (unpaired) electrons. The van der Waals surface area contributed by atoms with Crippen LogP contribution in [0.5, 0.6) is 0 Å². The van der Waals surface area contributed by atoms with E-state index in [1.807, 2.05) is 12.1 Å². The Morgan fingerprint density at radius 2 is 1.91 bits per heavy atom. The van der Waals surface area contributed by atoms with Gasteiger partial charge in [0.15, 0.2) is 0 Å². The van der Waals surface area contributed by atoms with E-state index in [1.54, 1.807) is 16.4 Å². The fourth-order valence-electron chi connectivity index (χ4n) is 3.66. The molecule has 1 N–H and O–H groups in total. The minimum atomic E-state index is -3.34. The van der Waals surface area contributed by atoms with Crippen LogP contribution >= 0.6 is 12.4 Å². The monoisotopic (exact) mass is 358 g/mol. The Balaban J connectivity index is 0.00000192. The maximum atomic E-state index is 12.8. The Morgan fingerprint density at radius 3 is 2.48 bits per heavy atom. The van der Waals surface area contributed by atoms with E-state index in [1.165, 1.54) is 5.56 Å². The number of hydrogen-bond acceptors (Lipinski definition) is 3. The van der Waals surface area contributed by atoms with Gasteiger partial charge in [0.25, 0.3) is 0 Å². The van der Waals surface area contributed by atoms with Crippen LogP contribution in [0, 0.1) is 11.3 Å². The van der Waals surface area contributed by atoms with Gasteiger partial charge < -0.3 is 5.32 Å². The van der Waals surface area contributed by atoms with Crippen molar-refractivity contribution in [1.29, 1.82) is 0 Å². The zero-order valence-electron chi connectivity index (χ0n) is 13.9. The molecule has 0 amide bonds. The average molecular weight is 359 g/mol. The fraction of sp³-hybridized carbons (Fsp3) is 0.647. The topological polar surface area (TPSA) is 49.4 Å². The van der Waals surface area contributed by atoms with E-state index in [4.69, 9.17) is 0 Å². The van der Waals surface area contributed by atoms with Gasteiger partial charge in [0.2, 0.25) is 10.0 Å². The summed E-state index contributed by atoms with van der Waals surface area (Å²) in [6, 6.07) is 7.45. The summed E-state index contributed by atoms with van der Waals surface area (Å²) in [5.74, 6) is 0.579. The summed E-state index contributed by atoms with van der Waals surface area (Å²) in [5.41, 5.74) is 1.37. The lowest BCUT2D eigenvalue weighted by atomic mass is 9.87. The molecule has 1 aromatic carbocycles. The number of nitrogens with one attached hydrogen (secondary N) is 1. The highest BCUT2D eigenvalue weighted by atomic mass is 35.5. The van der Waals surface area contributed by atoms with Crippen molar-refractivity contribution in [2.45, 2.75) is 38.0 Å². The lowest BCUT2D eigenvalue weighted by molar-refractivity contribution is 0.338. The van der Waals surface area contributed by atoms with Gasteiger partial charge in [-0.05, 0) is 54.8 Å². The SMILES string of the molecule is CC(C)Cc1ccc(S(=O)(=O)N2CCC3(CCNC3)C2)cc1.Cl. The van der Waals surface area contributed by atoms with Crippen LogP contribution in [0.1, 0.15) is 32.3 Å². The van der Waals surface area contributed by atoms with Gasteiger partial charge in [0.1, 0.15) is 0 Å². The molecule has 23 heavy (non-hydrogen) atoms. The number of hydrogen-bond donors (Lipinski definition) is 1. The van der Waals surface area contributed by atoms with Crippen molar-refractivity contribution in [3.05, 3.63) is 29.8 Å². The summed E-state index contributed by atoms with van der Waals surface area (Å²) in [6.45, 7) is 7.62. The van der Waals surface area contributed by atoms with E-state index in [9.17, 15) is 8.42 Å². The molecule has 2 fully saturated rings. The first-order valence-electron chi connectivity index (χ1n) is 8.21. The van der Waals surface area contributed by atoms with Crippen LogP contribution in [0.4, 0.5) is 0 Å². The molecule has 6 heteroatoms. The van der Waals surface area contributed by atoms with Crippen LogP contribution in [0.25, 0.3) is 0 Å². The Bertz CT molecular complexity index is 622. The highest BCUT2D eigenvalue weighted by Gasteiger charge is 2.44. The molecule has 1 unspecified atom stereocenters. The fourth-order valence-corrected chi connectivity index (χ4v) is 5.21. The van der Waals surface area contributed by atoms with Crippen LogP contribution < -0.4 is 5.32 Å². The second-order valence-corrected chi connectivity index (χ2v) is 9.20. The largest absolute Gasteiger partial charge is 0.316 e. The van der Waals surface area contributed by atoms with Crippen LogP contribution in [0.2, 0.25) is 0 Å². The summed E-state index contributed by atoms with van der Waals surface area (Å²) < 4.78 is 27.3. The van der Waals surface area contributed by atoms with E-state index in [0.29, 0.717) is 23.9 Å². The first-order chi connectivity index (χ1) is 10.4. The van der Waals surface area contributed by atoms with Crippen molar-refractivity contribution in [2.75, 3.05) is 26.2 Å². The van der Waals surface area contributed by atoms with Gasteiger partial charge in [-0.1, -0.05) is 26.0 Å².